The monoisotopic (exact) mass is 450 g/mol. The van der Waals surface area contributed by atoms with Crippen LogP contribution in [0.2, 0.25) is 5.02 Å². The van der Waals surface area contributed by atoms with E-state index in [1.807, 2.05) is 12.1 Å². The Kier molecular flexibility index (Phi) is 6.63. The SMILES string of the molecule is COc1ccc(Cc2cc(C3CC(O)CC(CO)O3)c3c(c2Cl)=CCCC=3)c(F)c1F. The Balaban J connectivity index is 1.80. The summed E-state index contributed by atoms with van der Waals surface area (Å²) in [5, 5.41) is 22.1. The van der Waals surface area contributed by atoms with E-state index in [9.17, 15) is 19.0 Å². The molecule has 2 aromatic rings. The minimum atomic E-state index is -1.03. The third-order valence-electron chi connectivity index (χ3n) is 5.97. The zero-order valence-corrected chi connectivity index (χ0v) is 18.0. The van der Waals surface area contributed by atoms with Crippen LogP contribution in [-0.4, -0.2) is 36.1 Å². The van der Waals surface area contributed by atoms with Crippen LogP contribution in [0.25, 0.3) is 12.2 Å². The average Bonchev–Trinajstić information content (AvgIpc) is 2.78. The Morgan fingerprint density at radius 2 is 1.84 bits per heavy atom. The second-order valence-corrected chi connectivity index (χ2v) is 8.42. The third kappa shape index (κ3) is 4.35. The Morgan fingerprint density at radius 1 is 1.10 bits per heavy atom. The molecular formula is C24H25ClF2O4. The summed E-state index contributed by atoms with van der Waals surface area (Å²) >= 11 is 6.70. The van der Waals surface area contributed by atoms with Gasteiger partial charge in [-0.25, -0.2) is 4.39 Å². The van der Waals surface area contributed by atoms with E-state index in [0.29, 0.717) is 23.4 Å². The molecule has 2 N–H and O–H groups in total. The van der Waals surface area contributed by atoms with E-state index < -0.39 is 29.9 Å². The Hall–Kier alpha value is -1.99. The summed E-state index contributed by atoms with van der Waals surface area (Å²) in [6.07, 6.45) is 5.21. The molecule has 4 nitrogen and oxygen atoms in total. The number of benzene rings is 2. The highest BCUT2D eigenvalue weighted by Crippen LogP contribution is 2.32. The first-order valence-electron chi connectivity index (χ1n) is 10.4. The van der Waals surface area contributed by atoms with Crippen molar-refractivity contribution in [3.8, 4) is 5.75 Å². The van der Waals surface area contributed by atoms with Crippen molar-refractivity contribution in [1.29, 1.82) is 0 Å². The number of fused-ring (bicyclic) bond motifs is 1. The first kappa shape index (κ1) is 22.2. The second kappa shape index (κ2) is 9.25. The standard InChI is InChI=1S/C24H25ClF2O4/c1-30-20-7-6-13(23(26)24(20)27)8-14-9-19(17-4-2-3-5-18(17)22(14)25)21-11-15(29)10-16(12-28)31-21/h4-7,9,15-16,21,28-29H,2-3,8,10-12H2,1H3. The van der Waals surface area contributed by atoms with Gasteiger partial charge < -0.3 is 19.7 Å². The van der Waals surface area contributed by atoms with Crippen molar-refractivity contribution in [3.05, 3.63) is 62.0 Å². The molecule has 1 saturated heterocycles. The van der Waals surface area contributed by atoms with Crippen LogP contribution < -0.4 is 15.2 Å². The van der Waals surface area contributed by atoms with Crippen molar-refractivity contribution in [2.75, 3.05) is 13.7 Å². The topological polar surface area (TPSA) is 58.9 Å². The normalized spacial score (nSPS) is 23.0. The minimum Gasteiger partial charge on any atom is -0.494 e. The number of ether oxygens (including phenoxy) is 2. The van der Waals surface area contributed by atoms with Gasteiger partial charge in [-0.2, -0.15) is 4.39 Å². The van der Waals surface area contributed by atoms with Crippen LogP contribution in [0.5, 0.6) is 5.75 Å². The average molecular weight is 451 g/mol. The molecule has 0 aromatic heterocycles. The zero-order valence-electron chi connectivity index (χ0n) is 17.2. The van der Waals surface area contributed by atoms with E-state index >= 15 is 0 Å². The van der Waals surface area contributed by atoms with Crippen LogP contribution in [0.15, 0.2) is 18.2 Å². The molecule has 0 amide bonds. The molecule has 31 heavy (non-hydrogen) atoms. The number of aliphatic hydroxyl groups is 2. The summed E-state index contributed by atoms with van der Waals surface area (Å²) in [6.45, 7) is -0.178. The lowest BCUT2D eigenvalue weighted by atomic mass is 9.90. The smallest absolute Gasteiger partial charge is 0.200 e. The quantitative estimate of drug-likeness (QED) is 0.734. The summed E-state index contributed by atoms with van der Waals surface area (Å²) in [7, 11) is 1.29. The fourth-order valence-corrected chi connectivity index (χ4v) is 4.73. The lowest BCUT2D eigenvalue weighted by Crippen LogP contribution is -2.39. The van der Waals surface area contributed by atoms with Crippen molar-refractivity contribution in [3.63, 3.8) is 0 Å². The molecule has 1 heterocycles. The van der Waals surface area contributed by atoms with Crippen LogP contribution in [-0.2, 0) is 11.2 Å². The molecule has 0 bridgehead atoms. The number of halogens is 3. The van der Waals surface area contributed by atoms with Crippen molar-refractivity contribution >= 4 is 23.8 Å². The maximum absolute atomic E-state index is 14.6. The van der Waals surface area contributed by atoms with Gasteiger partial charge in [-0.05, 0) is 46.0 Å². The molecule has 7 heteroatoms. The van der Waals surface area contributed by atoms with Crippen LogP contribution in [0, 0.1) is 11.6 Å². The summed E-state index contributed by atoms with van der Waals surface area (Å²) in [5.74, 6) is -2.14. The largest absolute Gasteiger partial charge is 0.494 e. The van der Waals surface area contributed by atoms with Gasteiger partial charge in [0, 0.05) is 19.3 Å². The summed E-state index contributed by atoms with van der Waals surface area (Å²) in [5.41, 5.74) is 1.66. The lowest BCUT2D eigenvalue weighted by Gasteiger charge is -2.33. The third-order valence-corrected chi connectivity index (χ3v) is 6.42. The van der Waals surface area contributed by atoms with Gasteiger partial charge in [0.1, 0.15) is 0 Å². The number of hydrogen-bond acceptors (Lipinski definition) is 4. The highest BCUT2D eigenvalue weighted by atomic mass is 35.5. The van der Waals surface area contributed by atoms with Gasteiger partial charge in [0.15, 0.2) is 11.6 Å². The lowest BCUT2D eigenvalue weighted by molar-refractivity contribution is -0.114. The summed E-state index contributed by atoms with van der Waals surface area (Å²) in [6, 6.07) is 4.74. The van der Waals surface area contributed by atoms with Crippen LogP contribution >= 0.6 is 11.6 Å². The van der Waals surface area contributed by atoms with Gasteiger partial charge in [0.25, 0.3) is 0 Å². The molecule has 3 atom stereocenters. The number of aliphatic hydroxyl groups excluding tert-OH is 2. The van der Waals surface area contributed by atoms with Crippen molar-refractivity contribution in [1.82, 2.24) is 0 Å². The molecule has 2 aromatic carbocycles. The predicted octanol–water partition coefficient (Wildman–Crippen LogP) is 3.15. The number of hydrogen-bond donors (Lipinski definition) is 2. The molecule has 3 unspecified atom stereocenters. The highest BCUT2D eigenvalue weighted by Gasteiger charge is 2.30. The fraction of sp³-hybridized carbons (Fsp3) is 0.417. The maximum Gasteiger partial charge on any atom is 0.200 e. The molecule has 166 valence electrons. The van der Waals surface area contributed by atoms with E-state index in [1.165, 1.54) is 19.2 Å². The van der Waals surface area contributed by atoms with Gasteiger partial charge in [-0.15, -0.1) is 0 Å². The van der Waals surface area contributed by atoms with E-state index in [0.717, 1.165) is 28.8 Å². The first-order chi connectivity index (χ1) is 14.9. The number of rotatable bonds is 5. The second-order valence-electron chi connectivity index (χ2n) is 8.04. The van der Waals surface area contributed by atoms with Gasteiger partial charge in [-0.1, -0.05) is 35.9 Å². The molecule has 4 rings (SSSR count). The molecular weight excluding hydrogens is 426 g/mol. The van der Waals surface area contributed by atoms with Crippen LogP contribution in [0.4, 0.5) is 8.78 Å². The van der Waals surface area contributed by atoms with Gasteiger partial charge >= 0.3 is 0 Å². The molecule has 1 aliphatic carbocycles. The first-order valence-corrected chi connectivity index (χ1v) is 10.8. The van der Waals surface area contributed by atoms with E-state index in [1.54, 1.807) is 0 Å². The Labute approximate surface area is 184 Å². The summed E-state index contributed by atoms with van der Waals surface area (Å²) in [4.78, 5) is 0. The molecule has 0 spiro atoms. The molecule has 1 fully saturated rings. The van der Waals surface area contributed by atoms with Crippen molar-refractivity contribution in [2.24, 2.45) is 0 Å². The minimum absolute atomic E-state index is 0.0956. The Morgan fingerprint density at radius 3 is 2.55 bits per heavy atom. The van der Waals surface area contributed by atoms with E-state index in [2.05, 4.69) is 6.08 Å². The summed E-state index contributed by atoms with van der Waals surface area (Å²) < 4.78 is 39.7. The number of methoxy groups -OCH3 is 1. The van der Waals surface area contributed by atoms with Gasteiger partial charge in [0.05, 0.1) is 37.1 Å². The van der Waals surface area contributed by atoms with E-state index in [-0.39, 0.29) is 24.3 Å². The van der Waals surface area contributed by atoms with Crippen molar-refractivity contribution in [2.45, 2.75) is 50.4 Å². The van der Waals surface area contributed by atoms with Gasteiger partial charge in [0.2, 0.25) is 5.82 Å². The Bertz CT molecular complexity index is 1100. The zero-order chi connectivity index (χ0) is 22.1. The molecule has 0 saturated carbocycles. The molecule has 2 aliphatic rings. The fourth-order valence-electron chi connectivity index (χ4n) is 4.43. The maximum atomic E-state index is 14.6. The van der Waals surface area contributed by atoms with E-state index in [4.69, 9.17) is 21.1 Å². The van der Waals surface area contributed by atoms with Crippen LogP contribution in [0.3, 0.4) is 0 Å². The van der Waals surface area contributed by atoms with Gasteiger partial charge in [-0.3, -0.25) is 0 Å². The molecule has 0 radical (unpaired) electrons. The predicted molar refractivity (Wildman–Crippen MR) is 115 cm³/mol. The van der Waals surface area contributed by atoms with Crippen LogP contribution in [0.1, 0.15) is 48.5 Å². The van der Waals surface area contributed by atoms with Crippen molar-refractivity contribution < 1.29 is 28.5 Å². The highest BCUT2D eigenvalue weighted by molar-refractivity contribution is 6.31. The molecule has 1 aliphatic heterocycles.